The second-order valence-electron chi connectivity index (χ2n) is 11.8. The van der Waals surface area contributed by atoms with Crippen LogP contribution in [-0.4, -0.2) is 0 Å². The summed E-state index contributed by atoms with van der Waals surface area (Å²) >= 11 is 0. The van der Waals surface area contributed by atoms with Gasteiger partial charge < -0.3 is 4.42 Å². The average Bonchev–Trinajstić information content (AvgIpc) is 3.53. The molecular formula is C44H26O. The summed E-state index contributed by atoms with van der Waals surface area (Å²) in [5.41, 5.74) is 5.90. The van der Waals surface area contributed by atoms with Crippen LogP contribution in [0.4, 0.5) is 0 Å². The molecule has 0 atom stereocenters. The Balaban J connectivity index is 1.39. The summed E-state index contributed by atoms with van der Waals surface area (Å²) in [6.45, 7) is 0. The number of benzene rings is 9. The third kappa shape index (κ3) is 3.44. The van der Waals surface area contributed by atoms with E-state index in [9.17, 15) is 0 Å². The minimum Gasteiger partial charge on any atom is -0.456 e. The van der Waals surface area contributed by atoms with Gasteiger partial charge in [-0.15, -0.1) is 0 Å². The Labute approximate surface area is 262 Å². The lowest BCUT2D eigenvalue weighted by molar-refractivity contribution is 0.669. The van der Waals surface area contributed by atoms with Crippen LogP contribution in [0.3, 0.4) is 0 Å². The summed E-state index contributed by atoms with van der Waals surface area (Å²) < 4.78 is 24.3. The van der Waals surface area contributed by atoms with Crippen LogP contribution >= 0.6 is 0 Å². The van der Waals surface area contributed by atoms with Crippen LogP contribution in [0, 0.1) is 0 Å². The van der Waals surface area contributed by atoms with Gasteiger partial charge in [0, 0.05) is 10.8 Å². The van der Waals surface area contributed by atoms with Crippen molar-refractivity contribution in [3.63, 3.8) is 0 Å². The Morgan fingerprint density at radius 1 is 0.356 bits per heavy atom. The SMILES string of the molecule is [2H]c1c([2H])c2oc3cc(-c4c5ccccc5c(-c5cccc6ccccc56)c5ccccc45)c4ccccc4c3c2c2ccccc12. The fourth-order valence-electron chi connectivity index (χ4n) is 7.60. The smallest absolute Gasteiger partial charge is 0.136 e. The van der Waals surface area contributed by atoms with Gasteiger partial charge in [0.1, 0.15) is 11.2 Å². The summed E-state index contributed by atoms with van der Waals surface area (Å²) in [7, 11) is 0. The topological polar surface area (TPSA) is 13.1 Å². The Morgan fingerprint density at radius 3 is 1.53 bits per heavy atom. The van der Waals surface area contributed by atoms with Crippen LogP contribution in [0.15, 0.2) is 162 Å². The monoisotopic (exact) mass is 572 g/mol. The molecule has 45 heavy (non-hydrogen) atoms. The predicted molar refractivity (Wildman–Crippen MR) is 192 cm³/mol. The number of fused-ring (bicyclic) bond motifs is 10. The maximum atomic E-state index is 8.93. The van der Waals surface area contributed by atoms with Crippen molar-refractivity contribution in [1.29, 1.82) is 0 Å². The minimum atomic E-state index is 0.121. The van der Waals surface area contributed by atoms with E-state index in [0.717, 1.165) is 49.0 Å². The van der Waals surface area contributed by atoms with Crippen LogP contribution in [0.25, 0.3) is 98.1 Å². The predicted octanol–water partition coefficient (Wildman–Crippen LogP) is 12.7. The molecule has 0 saturated carbocycles. The summed E-state index contributed by atoms with van der Waals surface area (Å²) in [4.78, 5) is 0. The normalized spacial score (nSPS) is 12.6. The highest BCUT2D eigenvalue weighted by molar-refractivity contribution is 6.31. The standard InChI is InChI=1S/C44H26O/c1-3-15-29-27(12-1)14-11-23-32(29)41-34-19-7-9-21-36(34)42(37-22-10-8-20-35(37)41)38-26-40-44(33-18-6-5-17-31(33)38)43-30-16-4-2-13-28(30)24-25-39(43)45-40/h1-26H/i24D,25D. The molecule has 0 bridgehead atoms. The Bertz CT molecular complexity index is 2870. The molecule has 1 nitrogen and oxygen atoms in total. The van der Waals surface area contributed by atoms with E-state index < -0.39 is 0 Å². The lowest BCUT2D eigenvalue weighted by atomic mass is 9.83. The molecule has 0 fully saturated rings. The van der Waals surface area contributed by atoms with E-state index in [4.69, 9.17) is 7.16 Å². The number of hydrogen-bond donors (Lipinski definition) is 0. The van der Waals surface area contributed by atoms with Gasteiger partial charge in [-0.1, -0.05) is 146 Å². The van der Waals surface area contributed by atoms with E-state index in [1.165, 1.54) is 43.4 Å². The van der Waals surface area contributed by atoms with Crippen LogP contribution in [-0.2, 0) is 0 Å². The van der Waals surface area contributed by atoms with Gasteiger partial charge in [-0.3, -0.25) is 0 Å². The van der Waals surface area contributed by atoms with Crippen molar-refractivity contribution < 1.29 is 7.16 Å². The van der Waals surface area contributed by atoms with Crippen molar-refractivity contribution in [2.75, 3.05) is 0 Å². The molecule has 1 heterocycles. The minimum absolute atomic E-state index is 0.121. The van der Waals surface area contributed by atoms with Crippen molar-refractivity contribution in [3.05, 3.63) is 158 Å². The van der Waals surface area contributed by atoms with E-state index in [1.807, 2.05) is 24.3 Å². The molecule has 0 N–H and O–H groups in total. The van der Waals surface area contributed by atoms with E-state index in [2.05, 4.69) is 121 Å². The second kappa shape index (κ2) is 9.29. The Hall–Kier alpha value is -5.92. The molecule has 208 valence electrons. The Morgan fingerprint density at radius 2 is 0.844 bits per heavy atom. The molecule has 10 rings (SSSR count). The molecule has 0 aliphatic rings. The van der Waals surface area contributed by atoms with Gasteiger partial charge in [-0.05, 0) is 88.2 Å². The summed E-state index contributed by atoms with van der Waals surface area (Å²) in [5.74, 6) is 0. The molecule has 0 spiro atoms. The maximum Gasteiger partial charge on any atom is 0.136 e. The van der Waals surface area contributed by atoms with Crippen molar-refractivity contribution >= 4 is 75.8 Å². The first-order valence-corrected chi connectivity index (χ1v) is 15.4. The zero-order valence-corrected chi connectivity index (χ0v) is 24.3. The largest absolute Gasteiger partial charge is 0.456 e. The van der Waals surface area contributed by atoms with Crippen molar-refractivity contribution in [1.82, 2.24) is 0 Å². The molecule has 1 aromatic heterocycles. The summed E-state index contributed by atoms with van der Waals surface area (Å²) in [6, 6.07) is 51.6. The molecule has 10 aromatic rings. The third-order valence-electron chi connectivity index (χ3n) is 9.46. The molecule has 0 amide bonds. The molecule has 0 aliphatic carbocycles. The van der Waals surface area contributed by atoms with Crippen LogP contribution < -0.4 is 0 Å². The number of furan rings is 1. The quantitative estimate of drug-likeness (QED) is 0.188. The second-order valence-corrected chi connectivity index (χ2v) is 11.8. The highest BCUT2D eigenvalue weighted by Gasteiger charge is 2.22. The molecule has 1 heteroatoms. The highest BCUT2D eigenvalue weighted by atomic mass is 16.3. The van der Waals surface area contributed by atoms with E-state index in [0.29, 0.717) is 5.58 Å². The van der Waals surface area contributed by atoms with Crippen molar-refractivity contribution in [3.8, 4) is 22.3 Å². The van der Waals surface area contributed by atoms with Gasteiger partial charge in [-0.25, -0.2) is 0 Å². The van der Waals surface area contributed by atoms with Gasteiger partial charge in [0.2, 0.25) is 0 Å². The van der Waals surface area contributed by atoms with E-state index >= 15 is 0 Å². The van der Waals surface area contributed by atoms with E-state index in [-0.39, 0.29) is 12.1 Å². The molecular weight excluding hydrogens is 544 g/mol. The van der Waals surface area contributed by atoms with Crippen molar-refractivity contribution in [2.24, 2.45) is 0 Å². The lowest BCUT2D eigenvalue weighted by Crippen LogP contribution is -1.92. The van der Waals surface area contributed by atoms with Gasteiger partial charge in [0.25, 0.3) is 0 Å². The molecule has 0 radical (unpaired) electrons. The molecule has 0 unspecified atom stereocenters. The third-order valence-corrected chi connectivity index (χ3v) is 9.46. The first-order valence-electron chi connectivity index (χ1n) is 16.4. The maximum absolute atomic E-state index is 8.93. The van der Waals surface area contributed by atoms with Gasteiger partial charge in [-0.2, -0.15) is 0 Å². The van der Waals surface area contributed by atoms with Crippen LogP contribution in [0.2, 0.25) is 0 Å². The van der Waals surface area contributed by atoms with Gasteiger partial charge >= 0.3 is 0 Å². The van der Waals surface area contributed by atoms with Gasteiger partial charge in [0.05, 0.1) is 2.74 Å². The molecule has 0 saturated heterocycles. The first-order chi connectivity index (χ1) is 23.2. The van der Waals surface area contributed by atoms with Gasteiger partial charge in [0.15, 0.2) is 0 Å². The van der Waals surface area contributed by atoms with E-state index in [1.54, 1.807) is 0 Å². The summed E-state index contributed by atoms with van der Waals surface area (Å²) in [6.07, 6.45) is 0. The highest BCUT2D eigenvalue weighted by Crippen LogP contribution is 2.49. The Kier molecular flexibility index (Phi) is 4.66. The number of hydrogen-bond acceptors (Lipinski definition) is 1. The zero-order chi connectivity index (χ0) is 31.2. The molecule has 0 aliphatic heterocycles. The van der Waals surface area contributed by atoms with Crippen molar-refractivity contribution in [2.45, 2.75) is 0 Å². The number of rotatable bonds is 2. The van der Waals surface area contributed by atoms with Crippen LogP contribution in [0.5, 0.6) is 0 Å². The lowest BCUT2D eigenvalue weighted by Gasteiger charge is -2.20. The summed E-state index contributed by atoms with van der Waals surface area (Å²) in [5, 5.41) is 13.0. The van der Waals surface area contributed by atoms with Crippen LogP contribution in [0.1, 0.15) is 2.74 Å². The average molecular weight is 573 g/mol. The fourth-order valence-corrected chi connectivity index (χ4v) is 7.60. The molecule has 9 aromatic carbocycles. The fraction of sp³-hybridized carbons (Fsp3) is 0. The zero-order valence-electron chi connectivity index (χ0n) is 26.3. The first kappa shape index (κ1) is 22.6.